The number of aromatic nitrogens is 2. The van der Waals surface area contributed by atoms with Crippen molar-refractivity contribution in [2.24, 2.45) is 5.92 Å². The fraction of sp³-hybridized carbons (Fsp3) is 0.579. The van der Waals surface area contributed by atoms with Crippen LogP contribution in [-0.4, -0.2) is 38.8 Å². The molecule has 0 bridgehead atoms. The lowest BCUT2D eigenvalue weighted by Gasteiger charge is -2.29. The van der Waals surface area contributed by atoms with Crippen LogP contribution in [-0.2, 0) is 24.4 Å². The van der Waals surface area contributed by atoms with E-state index in [1.165, 1.54) is 6.42 Å². The molecular formula is C19H26N4O3. The number of furan rings is 1. The number of rotatable bonds is 6. The van der Waals surface area contributed by atoms with Crippen molar-refractivity contribution in [1.29, 1.82) is 0 Å². The molecule has 7 heteroatoms. The van der Waals surface area contributed by atoms with E-state index < -0.39 is 6.10 Å². The third-order valence-corrected chi connectivity index (χ3v) is 5.42. The highest BCUT2D eigenvalue weighted by Gasteiger charge is 2.29. The average molecular weight is 358 g/mol. The lowest BCUT2D eigenvalue weighted by atomic mass is 9.80. The van der Waals surface area contributed by atoms with Gasteiger partial charge in [-0.25, -0.2) is 0 Å². The zero-order valence-corrected chi connectivity index (χ0v) is 14.9. The van der Waals surface area contributed by atoms with Crippen LogP contribution in [0.25, 0.3) is 0 Å². The highest BCUT2D eigenvalue weighted by Crippen LogP contribution is 2.37. The van der Waals surface area contributed by atoms with E-state index in [0.29, 0.717) is 25.6 Å². The number of hydrogen-bond donors (Lipinski definition) is 2. The van der Waals surface area contributed by atoms with Crippen molar-refractivity contribution in [2.45, 2.75) is 51.4 Å². The Labute approximate surface area is 153 Å². The lowest BCUT2D eigenvalue weighted by molar-refractivity contribution is -0.122. The summed E-state index contributed by atoms with van der Waals surface area (Å²) in [7, 11) is 0. The Morgan fingerprint density at radius 1 is 1.38 bits per heavy atom. The van der Waals surface area contributed by atoms with Crippen molar-refractivity contribution in [3.05, 3.63) is 41.6 Å². The minimum absolute atomic E-state index is 0.0101. The summed E-state index contributed by atoms with van der Waals surface area (Å²) in [6, 6.07) is 5.68. The van der Waals surface area contributed by atoms with Gasteiger partial charge in [0.25, 0.3) is 0 Å². The Hall–Kier alpha value is -2.12. The maximum absolute atomic E-state index is 12.2. The standard InChI is InChI=1S/C19H26N4O3/c24-18(20-11-16-6-2-9-26-16)13-22-7-3-8-23-15(12-22)10-17(21-23)19(25)14-4-1-5-14/h2,6,9-10,14,19,25H,1,3-5,7-8,11-13H2,(H,20,24)/t19-/m1/s1. The summed E-state index contributed by atoms with van der Waals surface area (Å²) in [4.78, 5) is 14.4. The van der Waals surface area contributed by atoms with Crippen molar-refractivity contribution in [3.8, 4) is 0 Å². The van der Waals surface area contributed by atoms with E-state index in [0.717, 1.165) is 49.5 Å². The van der Waals surface area contributed by atoms with Gasteiger partial charge < -0.3 is 14.8 Å². The van der Waals surface area contributed by atoms with Gasteiger partial charge in [-0.2, -0.15) is 5.10 Å². The maximum Gasteiger partial charge on any atom is 0.234 e. The zero-order chi connectivity index (χ0) is 17.9. The van der Waals surface area contributed by atoms with Crippen LogP contribution in [0.1, 0.15) is 48.9 Å². The summed E-state index contributed by atoms with van der Waals surface area (Å²) in [6.07, 6.45) is 5.48. The number of amides is 1. The fourth-order valence-electron chi connectivity index (χ4n) is 3.69. The molecule has 1 atom stereocenters. The Morgan fingerprint density at radius 3 is 3.00 bits per heavy atom. The molecule has 26 heavy (non-hydrogen) atoms. The van der Waals surface area contributed by atoms with Crippen LogP contribution in [0, 0.1) is 5.92 Å². The van der Waals surface area contributed by atoms with E-state index in [-0.39, 0.29) is 5.91 Å². The SMILES string of the molecule is O=C(CN1CCCn2nc([C@H](O)C3CCC3)cc2C1)NCc1ccco1. The van der Waals surface area contributed by atoms with Gasteiger partial charge in [0, 0.05) is 19.6 Å². The molecule has 1 aliphatic heterocycles. The zero-order valence-electron chi connectivity index (χ0n) is 14.9. The summed E-state index contributed by atoms with van der Waals surface area (Å²) < 4.78 is 7.23. The first-order valence-electron chi connectivity index (χ1n) is 9.45. The number of carbonyl (C=O) groups excluding carboxylic acids is 1. The minimum atomic E-state index is -0.451. The van der Waals surface area contributed by atoms with Gasteiger partial charge in [0.05, 0.1) is 30.7 Å². The average Bonchev–Trinajstić information content (AvgIpc) is 3.18. The van der Waals surface area contributed by atoms with Crippen molar-refractivity contribution >= 4 is 5.91 Å². The highest BCUT2D eigenvalue weighted by molar-refractivity contribution is 5.77. The van der Waals surface area contributed by atoms with Gasteiger partial charge in [-0.1, -0.05) is 6.42 Å². The predicted octanol–water partition coefficient (Wildman–Crippen LogP) is 1.83. The van der Waals surface area contributed by atoms with Crippen molar-refractivity contribution < 1.29 is 14.3 Å². The number of aryl methyl sites for hydroxylation is 1. The Kier molecular flexibility index (Phi) is 5.08. The number of aliphatic hydroxyl groups excluding tert-OH is 1. The molecule has 2 aromatic rings. The second-order valence-corrected chi connectivity index (χ2v) is 7.34. The molecule has 2 aliphatic rings. The molecule has 3 heterocycles. The van der Waals surface area contributed by atoms with Gasteiger partial charge in [0.2, 0.25) is 5.91 Å². The summed E-state index contributed by atoms with van der Waals surface area (Å²) in [5, 5.41) is 18.0. The first-order valence-corrected chi connectivity index (χ1v) is 9.45. The number of hydrogen-bond acceptors (Lipinski definition) is 5. The van der Waals surface area contributed by atoms with Crippen LogP contribution in [0.5, 0.6) is 0 Å². The van der Waals surface area contributed by atoms with Gasteiger partial charge >= 0.3 is 0 Å². The summed E-state index contributed by atoms with van der Waals surface area (Å²) in [5.74, 6) is 1.10. The van der Waals surface area contributed by atoms with Crippen LogP contribution in [0.3, 0.4) is 0 Å². The summed E-state index contributed by atoms with van der Waals surface area (Å²) in [6.45, 7) is 3.13. The highest BCUT2D eigenvalue weighted by atomic mass is 16.3. The smallest absolute Gasteiger partial charge is 0.234 e. The van der Waals surface area contributed by atoms with E-state index in [4.69, 9.17) is 4.42 Å². The Bertz CT molecular complexity index is 736. The third kappa shape index (κ3) is 3.83. The molecular weight excluding hydrogens is 332 g/mol. The van der Waals surface area contributed by atoms with Crippen molar-refractivity contribution in [1.82, 2.24) is 20.0 Å². The molecule has 7 nitrogen and oxygen atoms in total. The minimum Gasteiger partial charge on any atom is -0.467 e. The summed E-state index contributed by atoms with van der Waals surface area (Å²) in [5.41, 5.74) is 1.86. The van der Waals surface area contributed by atoms with E-state index >= 15 is 0 Å². The molecule has 1 fully saturated rings. The van der Waals surface area contributed by atoms with Crippen LogP contribution in [0.4, 0.5) is 0 Å². The van der Waals surface area contributed by atoms with Gasteiger partial charge in [-0.15, -0.1) is 0 Å². The fourth-order valence-corrected chi connectivity index (χ4v) is 3.69. The molecule has 0 radical (unpaired) electrons. The van der Waals surface area contributed by atoms with E-state index in [1.807, 2.05) is 22.9 Å². The van der Waals surface area contributed by atoms with Gasteiger partial charge in [0.15, 0.2) is 0 Å². The molecule has 0 aromatic carbocycles. The van der Waals surface area contributed by atoms with E-state index in [9.17, 15) is 9.90 Å². The second-order valence-electron chi connectivity index (χ2n) is 7.34. The first kappa shape index (κ1) is 17.3. The number of nitrogens with zero attached hydrogens (tertiary/aromatic N) is 3. The molecule has 2 N–H and O–H groups in total. The molecule has 4 rings (SSSR count). The molecule has 1 aliphatic carbocycles. The van der Waals surface area contributed by atoms with Gasteiger partial charge in [-0.05, 0) is 43.4 Å². The van der Waals surface area contributed by atoms with E-state index in [1.54, 1.807) is 6.26 Å². The number of aliphatic hydroxyl groups is 1. The number of nitrogens with one attached hydrogen (secondary N) is 1. The van der Waals surface area contributed by atoms with Crippen LogP contribution >= 0.6 is 0 Å². The monoisotopic (exact) mass is 358 g/mol. The maximum atomic E-state index is 12.2. The van der Waals surface area contributed by atoms with Crippen molar-refractivity contribution in [2.75, 3.05) is 13.1 Å². The van der Waals surface area contributed by atoms with Gasteiger partial charge in [0.1, 0.15) is 11.9 Å². The third-order valence-electron chi connectivity index (χ3n) is 5.42. The Balaban J connectivity index is 1.34. The lowest BCUT2D eigenvalue weighted by Crippen LogP contribution is -2.36. The molecule has 140 valence electrons. The van der Waals surface area contributed by atoms with Gasteiger partial charge in [-0.3, -0.25) is 14.4 Å². The van der Waals surface area contributed by atoms with E-state index in [2.05, 4.69) is 15.3 Å². The molecule has 2 aromatic heterocycles. The molecule has 0 unspecified atom stereocenters. The van der Waals surface area contributed by atoms with Crippen molar-refractivity contribution in [3.63, 3.8) is 0 Å². The Morgan fingerprint density at radius 2 is 2.27 bits per heavy atom. The van der Waals surface area contributed by atoms with Crippen LogP contribution in [0.15, 0.2) is 28.9 Å². The molecule has 0 saturated heterocycles. The largest absolute Gasteiger partial charge is 0.467 e. The number of carbonyl (C=O) groups is 1. The predicted molar refractivity (Wildman–Crippen MR) is 95.0 cm³/mol. The second kappa shape index (κ2) is 7.63. The topological polar surface area (TPSA) is 83.5 Å². The molecule has 1 amide bonds. The summed E-state index contributed by atoms with van der Waals surface area (Å²) >= 11 is 0. The first-order chi connectivity index (χ1) is 12.7. The van der Waals surface area contributed by atoms with Crippen LogP contribution in [0.2, 0.25) is 0 Å². The number of fused-ring (bicyclic) bond motifs is 1. The van der Waals surface area contributed by atoms with Crippen LogP contribution < -0.4 is 5.32 Å². The normalized spacial score (nSPS) is 19.4. The molecule has 1 saturated carbocycles. The quantitative estimate of drug-likeness (QED) is 0.823. The molecule has 0 spiro atoms.